The molecule has 3 unspecified atom stereocenters. The van der Waals surface area contributed by atoms with Crippen molar-refractivity contribution in [2.75, 3.05) is 11.5 Å². The van der Waals surface area contributed by atoms with E-state index in [1.807, 2.05) is 0 Å². The van der Waals surface area contributed by atoms with Gasteiger partial charge in [-0.1, -0.05) is 6.92 Å². The van der Waals surface area contributed by atoms with E-state index in [1.165, 1.54) is 30.8 Å². The van der Waals surface area contributed by atoms with Crippen molar-refractivity contribution in [3.05, 3.63) is 0 Å². The van der Waals surface area contributed by atoms with E-state index in [9.17, 15) is 5.11 Å². The lowest BCUT2D eigenvalue weighted by molar-refractivity contribution is 0.109. The van der Waals surface area contributed by atoms with E-state index in [0.29, 0.717) is 0 Å². The van der Waals surface area contributed by atoms with Crippen LogP contribution in [0.5, 0.6) is 0 Å². The van der Waals surface area contributed by atoms with Crippen LogP contribution in [0.25, 0.3) is 0 Å². The van der Waals surface area contributed by atoms with Crippen molar-refractivity contribution in [1.82, 2.24) is 0 Å². The molecule has 0 spiro atoms. The Balaban J connectivity index is 1.91. The summed E-state index contributed by atoms with van der Waals surface area (Å²) < 4.78 is 0. The molecule has 0 amide bonds. The van der Waals surface area contributed by atoms with Crippen molar-refractivity contribution >= 4 is 10.9 Å². The Labute approximate surface area is 84.3 Å². The third-order valence-corrected chi connectivity index (χ3v) is 6.74. The maximum Gasteiger partial charge on any atom is 0.121 e. The summed E-state index contributed by atoms with van der Waals surface area (Å²) in [5.41, 5.74) is 0. The van der Waals surface area contributed by atoms with Gasteiger partial charge in [-0.3, -0.25) is 0 Å². The van der Waals surface area contributed by atoms with Crippen LogP contribution >= 0.6 is 0 Å². The Kier molecular flexibility index (Phi) is 3.20. The van der Waals surface area contributed by atoms with Crippen LogP contribution in [0.1, 0.15) is 39.0 Å². The summed E-state index contributed by atoms with van der Waals surface area (Å²) in [6.45, 7) is 2.35. The van der Waals surface area contributed by atoms with Crippen LogP contribution in [0.3, 0.4) is 0 Å². The third-order valence-electron chi connectivity index (χ3n) is 3.55. The molecule has 1 heterocycles. The Bertz CT molecular complexity index is 165. The fourth-order valence-corrected chi connectivity index (χ4v) is 6.01. The van der Waals surface area contributed by atoms with E-state index in [4.69, 9.17) is 0 Å². The molecule has 2 fully saturated rings. The van der Waals surface area contributed by atoms with Gasteiger partial charge in [0.1, 0.15) is 16.8 Å². The summed E-state index contributed by atoms with van der Waals surface area (Å²) in [6.07, 6.45) is 6.37. The van der Waals surface area contributed by atoms with Crippen LogP contribution in [-0.4, -0.2) is 28.0 Å². The van der Waals surface area contributed by atoms with E-state index in [0.717, 1.165) is 34.9 Å². The van der Waals surface area contributed by atoms with Gasteiger partial charge in [0, 0.05) is 5.92 Å². The number of aliphatic hydroxyl groups is 1. The van der Waals surface area contributed by atoms with Gasteiger partial charge in [0.2, 0.25) is 0 Å². The summed E-state index contributed by atoms with van der Waals surface area (Å²) in [5.74, 6) is 3.76. The second kappa shape index (κ2) is 4.22. The molecule has 2 aliphatic rings. The highest BCUT2D eigenvalue weighted by Gasteiger charge is 2.40. The van der Waals surface area contributed by atoms with E-state index in [1.54, 1.807) is 0 Å². The fraction of sp³-hybridized carbons (Fsp3) is 1.00. The molecule has 0 radical (unpaired) electrons. The van der Waals surface area contributed by atoms with Gasteiger partial charge in [-0.2, -0.15) is 0 Å². The first-order valence-corrected chi connectivity index (χ1v) is 7.24. The molecule has 0 bridgehead atoms. The third kappa shape index (κ3) is 2.21. The lowest BCUT2D eigenvalue weighted by atomic mass is 9.88. The average Bonchev–Trinajstić information content (AvgIpc) is 2.56. The van der Waals surface area contributed by atoms with Crippen molar-refractivity contribution in [2.45, 2.75) is 50.4 Å². The molecule has 1 saturated carbocycles. The second-order valence-corrected chi connectivity index (χ2v) is 7.13. The molecule has 76 valence electrons. The van der Waals surface area contributed by atoms with E-state index in [2.05, 4.69) is 6.92 Å². The highest BCUT2D eigenvalue weighted by Crippen LogP contribution is 2.33. The monoisotopic (exact) mass is 201 g/mol. The lowest BCUT2D eigenvalue weighted by Crippen LogP contribution is -2.36. The molecule has 0 aromatic rings. The molecule has 1 nitrogen and oxygen atoms in total. The normalized spacial score (nSPS) is 42.5. The Hall–Kier alpha value is 0.310. The van der Waals surface area contributed by atoms with Crippen LogP contribution in [0.4, 0.5) is 0 Å². The highest BCUT2D eigenvalue weighted by atomic mass is 32.2. The first-order chi connectivity index (χ1) is 6.27. The van der Waals surface area contributed by atoms with Gasteiger partial charge >= 0.3 is 0 Å². The summed E-state index contributed by atoms with van der Waals surface area (Å²) in [5, 5.41) is 10.5. The van der Waals surface area contributed by atoms with Gasteiger partial charge in [-0.25, -0.2) is 0 Å². The predicted molar refractivity (Wildman–Crippen MR) is 59.1 cm³/mol. The van der Waals surface area contributed by atoms with Gasteiger partial charge in [0.15, 0.2) is 0 Å². The Morgan fingerprint density at radius 3 is 2.46 bits per heavy atom. The van der Waals surface area contributed by atoms with Crippen LogP contribution in [0, 0.1) is 5.92 Å². The molecule has 2 rings (SSSR count). The quantitative estimate of drug-likeness (QED) is 0.643. The van der Waals surface area contributed by atoms with Crippen LogP contribution < -0.4 is 0 Å². The SMILES string of the molecule is CC1CC(O)CCC1[S+]1CCCC1. The standard InChI is InChI=1S/C11H21OS/c1-9-8-10(12)4-5-11(9)13-6-2-3-7-13/h9-12H,2-8H2,1H3/q+1. The van der Waals surface area contributed by atoms with Crippen molar-refractivity contribution < 1.29 is 5.11 Å². The minimum atomic E-state index is 0.0115. The fourth-order valence-electron chi connectivity index (χ4n) is 2.81. The minimum absolute atomic E-state index is 0.0115. The zero-order valence-corrected chi connectivity index (χ0v) is 9.35. The molecule has 1 aliphatic carbocycles. The molecule has 1 N–H and O–H groups in total. The zero-order valence-electron chi connectivity index (χ0n) is 8.54. The summed E-state index contributed by atoms with van der Waals surface area (Å²) in [6, 6.07) is 0. The van der Waals surface area contributed by atoms with E-state index >= 15 is 0 Å². The van der Waals surface area contributed by atoms with Crippen LogP contribution in [0.15, 0.2) is 0 Å². The molecular formula is C11H21OS+. The molecule has 13 heavy (non-hydrogen) atoms. The van der Waals surface area contributed by atoms with Crippen molar-refractivity contribution in [2.24, 2.45) is 5.92 Å². The highest BCUT2D eigenvalue weighted by molar-refractivity contribution is 7.97. The molecule has 3 atom stereocenters. The first-order valence-electron chi connectivity index (χ1n) is 5.61. The van der Waals surface area contributed by atoms with Gasteiger partial charge < -0.3 is 5.11 Å². The van der Waals surface area contributed by atoms with Crippen molar-refractivity contribution in [3.8, 4) is 0 Å². The summed E-state index contributed by atoms with van der Waals surface area (Å²) in [7, 11) is 0.730. The maximum atomic E-state index is 9.54. The van der Waals surface area contributed by atoms with Gasteiger partial charge in [0.05, 0.1) is 6.10 Å². The molecule has 1 saturated heterocycles. The summed E-state index contributed by atoms with van der Waals surface area (Å²) in [4.78, 5) is 0. The predicted octanol–water partition coefficient (Wildman–Crippen LogP) is 1.95. The number of aliphatic hydroxyl groups excluding tert-OH is 1. The average molecular weight is 201 g/mol. The lowest BCUT2D eigenvalue weighted by Gasteiger charge is -2.30. The Morgan fingerprint density at radius 2 is 1.85 bits per heavy atom. The van der Waals surface area contributed by atoms with Crippen LogP contribution in [-0.2, 0) is 10.9 Å². The molecule has 0 aromatic heterocycles. The summed E-state index contributed by atoms with van der Waals surface area (Å²) >= 11 is 0. The van der Waals surface area contributed by atoms with E-state index < -0.39 is 0 Å². The van der Waals surface area contributed by atoms with E-state index in [-0.39, 0.29) is 6.10 Å². The largest absolute Gasteiger partial charge is 0.393 e. The zero-order chi connectivity index (χ0) is 9.26. The second-order valence-electron chi connectivity index (χ2n) is 4.64. The molecule has 2 heteroatoms. The van der Waals surface area contributed by atoms with Crippen LogP contribution in [0.2, 0.25) is 0 Å². The minimum Gasteiger partial charge on any atom is -0.393 e. The van der Waals surface area contributed by atoms with Gasteiger partial charge in [-0.05, 0) is 43.0 Å². The number of hydrogen-bond donors (Lipinski definition) is 1. The van der Waals surface area contributed by atoms with Gasteiger partial charge in [-0.15, -0.1) is 0 Å². The number of hydrogen-bond acceptors (Lipinski definition) is 1. The van der Waals surface area contributed by atoms with Crippen molar-refractivity contribution in [3.63, 3.8) is 0 Å². The molecule has 0 aromatic carbocycles. The molecule has 1 aliphatic heterocycles. The topological polar surface area (TPSA) is 20.2 Å². The first kappa shape index (κ1) is 9.85. The van der Waals surface area contributed by atoms with Crippen molar-refractivity contribution in [1.29, 1.82) is 0 Å². The van der Waals surface area contributed by atoms with Gasteiger partial charge in [0.25, 0.3) is 0 Å². The maximum absolute atomic E-state index is 9.54. The smallest absolute Gasteiger partial charge is 0.121 e. The Morgan fingerprint density at radius 1 is 1.15 bits per heavy atom. The molecular weight excluding hydrogens is 180 g/mol. The number of rotatable bonds is 1.